The summed E-state index contributed by atoms with van der Waals surface area (Å²) in [5, 5.41) is 13.6. The van der Waals surface area contributed by atoms with Gasteiger partial charge in [0.15, 0.2) is 0 Å². The third-order valence-electron chi connectivity index (χ3n) is 3.94. The molecule has 1 N–H and O–H groups in total. The second-order valence-electron chi connectivity index (χ2n) is 5.75. The molecular weight excluding hydrogens is 322 g/mol. The Balaban J connectivity index is 1.57. The Bertz CT molecular complexity index is 1080. The molecule has 4 nitrogen and oxygen atoms in total. The third kappa shape index (κ3) is 3.33. The Kier molecular flexibility index (Phi) is 4.19. The first kappa shape index (κ1) is 15.7. The number of fused-ring (bicyclic) bond motifs is 1. The first-order chi connectivity index (χ1) is 12.8. The maximum Gasteiger partial charge on any atom is 0.149 e. The highest BCUT2D eigenvalue weighted by Gasteiger charge is 2.07. The fourth-order valence-electron chi connectivity index (χ4n) is 2.66. The molecule has 124 valence electrons. The Morgan fingerprint density at radius 1 is 0.808 bits per heavy atom. The van der Waals surface area contributed by atoms with E-state index in [1.807, 2.05) is 84.9 Å². The van der Waals surface area contributed by atoms with Crippen molar-refractivity contribution in [2.45, 2.75) is 0 Å². The number of nitrogens with one attached hydrogen (secondary N) is 1. The molecule has 0 aliphatic heterocycles. The molecule has 0 amide bonds. The van der Waals surface area contributed by atoms with Crippen LogP contribution in [0, 0.1) is 11.3 Å². The molecule has 0 spiro atoms. The number of aromatic nitrogens is 1. The van der Waals surface area contributed by atoms with Crippen LogP contribution in [0.2, 0.25) is 0 Å². The van der Waals surface area contributed by atoms with Crippen LogP contribution in [0.4, 0.5) is 11.5 Å². The van der Waals surface area contributed by atoms with E-state index in [-0.39, 0.29) is 0 Å². The maximum absolute atomic E-state index is 9.41. The van der Waals surface area contributed by atoms with Crippen molar-refractivity contribution >= 4 is 22.4 Å². The number of hydrogen-bond acceptors (Lipinski definition) is 4. The topological polar surface area (TPSA) is 57.9 Å². The van der Waals surface area contributed by atoms with E-state index in [0.29, 0.717) is 11.4 Å². The second-order valence-corrected chi connectivity index (χ2v) is 5.75. The van der Waals surface area contributed by atoms with Gasteiger partial charge in [-0.25, -0.2) is 4.98 Å². The average Bonchev–Trinajstić information content (AvgIpc) is 2.70. The summed E-state index contributed by atoms with van der Waals surface area (Å²) in [4.78, 5) is 4.57. The molecular formula is C22H15N3O. The lowest BCUT2D eigenvalue weighted by Crippen LogP contribution is -1.97. The molecule has 1 heterocycles. The lowest BCUT2D eigenvalue weighted by atomic mass is 10.1. The number of rotatable bonds is 4. The number of pyridine rings is 1. The number of ether oxygens (including phenoxy) is 1. The summed E-state index contributed by atoms with van der Waals surface area (Å²) in [7, 11) is 0. The van der Waals surface area contributed by atoms with E-state index in [2.05, 4.69) is 16.4 Å². The highest BCUT2D eigenvalue weighted by atomic mass is 16.5. The SMILES string of the molecule is N#Cc1cc2ccccc2nc1Nc1ccc(Oc2ccccc2)cc1. The van der Waals surface area contributed by atoms with Gasteiger partial charge >= 0.3 is 0 Å². The molecule has 1 aromatic heterocycles. The van der Waals surface area contributed by atoms with Crippen LogP contribution in [0.1, 0.15) is 5.56 Å². The molecule has 0 aliphatic carbocycles. The van der Waals surface area contributed by atoms with Crippen LogP contribution in [0.5, 0.6) is 11.5 Å². The Hall–Kier alpha value is -3.84. The van der Waals surface area contributed by atoms with Gasteiger partial charge in [-0.1, -0.05) is 36.4 Å². The van der Waals surface area contributed by atoms with Crippen molar-refractivity contribution in [3.8, 4) is 17.6 Å². The molecule has 0 saturated carbocycles. The van der Waals surface area contributed by atoms with Crippen LogP contribution >= 0.6 is 0 Å². The van der Waals surface area contributed by atoms with Crippen LogP contribution in [-0.2, 0) is 0 Å². The van der Waals surface area contributed by atoms with E-state index < -0.39 is 0 Å². The van der Waals surface area contributed by atoms with Gasteiger partial charge in [-0.3, -0.25) is 0 Å². The van der Waals surface area contributed by atoms with Gasteiger partial charge < -0.3 is 10.1 Å². The van der Waals surface area contributed by atoms with Crippen LogP contribution in [0.15, 0.2) is 84.9 Å². The van der Waals surface area contributed by atoms with Crippen molar-refractivity contribution in [3.63, 3.8) is 0 Å². The Morgan fingerprint density at radius 2 is 1.50 bits per heavy atom. The van der Waals surface area contributed by atoms with E-state index in [4.69, 9.17) is 4.74 Å². The van der Waals surface area contributed by atoms with Crippen molar-refractivity contribution in [1.82, 2.24) is 4.98 Å². The Morgan fingerprint density at radius 3 is 2.27 bits per heavy atom. The molecule has 0 fully saturated rings. The lowest BCUT2D eigenvalue weighted by Gasteiger charge is -2.10. The molecule has 0 saturated heterocycles. The third-order valence-corrected chi connectivity index (χ3v) is 3.94. The van der Waals surface area contributed by atoms with E-state index in [9.17, 15) is 5.26 Å². The van der Waals surface area contributed by atoms with Gasteiger partial charge in [0.05, 0.1) is 11.1 Å². The maximum atomic E-state index is 9.41. The predicted octanol–water partition coefficient (Wildman–Crippen LogP) is 5.64. The van der Waals surface area contributed by atoms with Gasteiger partial charge in [-0.05, 0) is 48.5 Å². The van der Waals surface area contributed by atoms with Crippen LogP contribution in [0.3, 0.4) is 0 Å². The van der Waals surface area contributed by atoms with Crippen molar-refractivity contribution in [2.75, 3.05) is 5.32 Å². The predicted molar refractivity (Wildman–Crippen MR) is 103 cm³/mol. The van der Waals surface area contributed by atoms with Gasteiger partial charge in [-0.15, -0.1) is 0 Å². The summed E-state index contributed by atoms with van der Waals surface area (Å²) < 4.78 is 5.79. The number of nitrogens with zero attached hydrogens (tertiary/aromatic N) is 2. The number of hydrogen-bond donors (Lipinski definition) is 1. The minimum atomic E-state index is 0.508. The van der Waals surface area contributed by atoms with Gasteiger partial charge in [0.2, 0.25) is 0 Å². The lowest BCUT2D eigenvalue weighted by molar-refractivity contribution is 0.483. The van der Waals surface area contributed by atoms with Gasteiger partial charge in [0.1, 0.15) is 23.4 Å². The summed E-state index contributed by atoms with van der Waals surface area (Å²) in [6.45, 7) is 0. The summed E-state index contributed by atoms with van der Waals surface area (Å²) in [6.07, 6.45) is 0. The van der Waals surface area contributed by atoms with Crippen molar-refractivity contribution < 1.29 is 4.74 Å². The first-order valence-electron chi connectivity index (χ1n) is 8.22. The quantitative estimate of drug-likeness (QED) is 0.523. The fraction of sp³-hybridized carbons (Fsp3) is 0. The summed E-state index contributed by atoms with van der Waals surface area (Å²) in [6, 6.07) is 29.0. The molecule has 4 aromatic rings. The second kappa shape index (κ2) is 6.96. The smallest absolute Gasteiger partial charge is 0.149 e. The highest BCUT2D eigenvalue weighted by Crippen LogP contribution is 2.26. The molecule has 0 aliphatic rings. The number of benzene rings is 3. The summed E-state index contributed by atoms with van der Waals surface area (Å²) in [5.74, 6) is 2.08. The Labute approximate surface area is 151 Å². The number of para-hydroxylation sites is 2. The van der Waals surface area contributed by atoms with E-state index in [1.165, 1.54) is 0 Å². The number of nitriles is 1. The van der Waals surface area contributed by atoms with Crippen LogP contribution in [-0.4, -0.2) is 4.98 Å². The van der Waals surface area contributed by atoms with Crippen LogP contribution in [0.25, 0.3) is 10.9 Å². The largest absolute Gasteiger partial charge is 0.457 e. The van der Waals surface area contributed by atoms with Gasteiger partial charge in [0, 0.05) is 11.1 Å². The molecule has 26 heavy (non-hydrogen) atoms. The summed E-state index contributed by atoms with van der Waals surface area (Å²) >= 11 is 0. The molecule has 4 heteroatoms. The van der Waals surface area contributed by atoms with E-state index in [1.54, 1.807) is 0 Å². The number of anilines is 2. The highest BCUT2D eigenvalue weighted by molar-refractivity contribution is 5.83. The van der Waals surface area contributed by atoms with E-state index >= 15 is 0 Å². The normalized spacial score (nSPS) is 10.3. The van der Waals surface area contributed by atoms with Gasteiger partial charge in [-0.2, -0.15) is 5.26 Å². The monoisotopic (exact) mass is 337 g/mol. The molecule has 0 bridgehead atoms. The minimum absolute atomic E-state index is 0.508. The zero-order chi connectivity index (χ0) is 17.8. The van der Waals surface area contributed by atoms with Crippen molar-refractivity contribution in [1.29, 1.82) is 5.26 Å². The molecule has 4 rings (SSSR count). The molecule has 0 radical (unpaired) electrons. The molecule has 0 unspecified atom stereocenters. The minimum Gasteiger partial charge on any atom is -0.457 e. The average molecular weight is 337 g/mol. The zero-order valence-corrected chi connectivity index (χ0v) is 13.9. The fourth-order valence-corrected chi connectivity index (χ4v) is 2.66. The van der Waals surface area contributed by atoms with E-state index in [0.717, 1.165) is 28.1 Å². The molecule has 0 atom stereocenters. The summed E-state index contributed by atoms with van der Waals surface area (Å²) in [5.41, 5.74) is 2.19. The van der Waals surface area contributed by atoms with Crippen molar-refractivity contribution in [3.05, 3.63) is 90.5 Å². The standard InChI is InChI=1S/C22H15N3O/c23-15-17-14-16-6-4-5-9-21(16)25-22(17)24-18-10-12-20(13-11-18)26-19-7-2-1-3-8-19/h1-14H,(H,24,25). The van der Waals surface area contributed by atoms with Crippen molar-refractivity contribution in [2.24, 2.45) is 0 Å². The first-order valence-corrected chi connectivity index (χ1v) is 8.22. The zero-order valence-electron chi connectivity index (χ0n) is 13.9. The molecule has 3 aromatic carbocycles. The van der Waals surface area contributed by atoms with Gasteiger partial charge in [0.25, 0.3) is 0 Å². The van der Waals surface area contributed by atoms with Crippen LogP contribution < -0.4 is 10.1 Å².